The molecule has 21 heavy (non-hydrogen) atoms. The number of primary amides is 1. The van der Waals surface area contributed by atoms with E-state index in [1.807, 2.05) is 0 Å². The van der Waals surface area contributed by atoms with E-state index >= 15 is 0 Å². The Morgan fingerprint density at radius 1 is 1.33 bits per heavy atom. The SMILES string of the molecule is NC(=O)[C@H](CCCN=C(N)N)[N+]12CC1OC(=O)CCC2=O. The van der Waals surface area contributed by atoms with Crippen LogP contribution >= 0.6 is 0 Å². The van der Waals surface area contributed by atoms with Crippen molar-refractivity contribution in [2.75, 3.05) is 13.1 Å². The maximum Gasteiger partial charge on any atom is 0.318 e. The number of fused-ring (bicyclic) bond motifs is 1. The highest BCUT2D eigenvalue weighted by Crippen LogP contribution is 2.41. The Bertz CT molecular complexity index is 502. The number of aliphatic imine (C=N–C) groups is 1. The minimum Gasteiger partial charge on any atom is -0.406 e. The number of nitrogens with zero attached hydrogens (tertiary/aromatic N) is 2. The molecule has 6 N–H and O–H groups in total. The summed E-state index contributed by atoms with van der Waals surface area (Å²) in [4.78, 5) is 39.2. The quantitative estimate of drug-likeness (QED) is 0.128. The molecule has 0 saturated carbocycles. The van der Waals surface area contributed by atoms with Crippen LogP contribution in [0.25, 0.3) is 0 Å². The van der Waals surface area contributed by atoms with Gasteiger partial charge in [-0.1, -0.05) is 0 Å². The van der Waals surface area contributed by atoms with Gasteiger partial charge in [-0.3, -0.25) is 14.6 Å². The zero-order valence-corrected chi connectivity index (χ0v) is 11.7. The van der Waals surface area contributed by atoms with E-state index in [1.165, 1.54) is 0 Å². The second kappa shape index (κ2) is 5.68. The molecule has 2 saturated heterocycles. The molecule has 2 rings (SSSR count). The molecule has 0 radical (unpaired) electrons. The van der Waals surface area contributed by atoms with Crippen molar-refractivity contribution in [3.8, 4) is 0 Å². The second-order valence-corrected chi connectivity index (χ2v) is 5.32. The number of amides is 2. The molecule has 2 aliphatic heterocycles. The molecule has 0 aromatic rings. The Hall–Kier alpha value is -2.16. The summed E-state index contributed by atoms with van der Waals surface area (Å²) in [5.41, 5.74) is 15.9. The summed E-state index contributed by atoms with van der Waals surface area (Å²) in [6, 6.07) is -0.706. The number of esters is 1. The van der Waals surface area contributed by atoms with Crippen LogP contribution in [0.3, 0.4) is 0 Å². The number of nitrogens with two attached hydrogens (primary N) is 3. The van der Waals surface area contributed by atoms with Gasteiger partial charge in [0.05, 0.1) is 12.8 Å². The summed E-state index contributed by atoms with van der Waals surface area (Å²) in [7, 11) is 0. The lowest BCUT2D eigenvalue weighted by Crippen LogP contribution is -2.52. The smallest absolute Gasteiger partial charge is 0.318 e. The number of hydrogen-bond donors (Lipinski definition) is 3. The van der Waals surface area contributed by atoms with Crippen molar-refractivity contribution in [3.05, 3.63) is 0 Å². The van der Waals surface area contributed by atoms with Gasteiger partial charge in [-0.25, -0.2) is 9.28 Å². The first-order valence-corrected chi connectivity index (χ1v) is 6.83. The Morgan fingerprint density at radius 2 is 2.05 bits per heavy atom. The van der Waals surface area contributed by atoms with Gasteiger partial charge < -0.3 is 21.9 Å². The highest BCUT2D eigenvalue weighted by atomic mass is 16.6. The van der Waals surface area contributed by atoms with Crippen LogP contribution in [0.2, 0.25) is 0 Å². The third-order valence-corrected chi connectivity index (χ3v) is 3.93. The summed E-state index contributed by atoms with van der Waals surface area (Å²) >= 11 is 0. The maximum absolute atomic E-state index is 12.3. The molecule has 0 aromatic carbocycles. The van der Waals surface area contributed by atoms with E-state index in [9.17, 15) is 14.4 Å². The van der Waals surface area contributed by atoms with Gasteiger partial charge in [0.25, 0.3) is 12.1 Å². The topological polar surface area (TPSA) is 151 Å². The van der Waals surface area contributed by atoms with Crippen LogP contribution < -0.4 is 17.2 Å². The van der Waals surface area contributed by atoms with Crippen molar-refractivity contribution in [3.63, 3.8) is 0 Å². The molecule has 9 heteroatoms. The standard InChI is InChI=1S/C12H19N5O4/c13-11(20)7(2-1-5-16-12(14)15)17-6-9(17)21-10(19)4-3-8(17)18/h7,9H,1-6H2,(H5-,13,14,15,16,20)/p+1/t7-,9?,17?/m0/s1. The lowest BCUT2D eigenvalue weighted by Gasteiger charge is -2.23. The van der Waals surface area contributed by atoms with Crippen LogP contribution in [0, 0.1) is 0 Å². The minimum atomic E-state index is -0.706. The average Bonchev–Trinajstić information content (AvgIpc) is 3.10. The Morgan fingerprint density at radius 3 is 2.67 bits per heavy atom. The van der Waals surface area contributed by atoms with E-state index in [4.69, 9.17) is 21.9 Å². The molecule has 2 unspecified atom stereocenters. The third-order valence-electron chi connectivity index (χ3n) is 3.93. The third kappa shape index (κ3) is 2.97. The van der Waals surface area contributed by atoms with Crippen LogP contribution in [0.5, 0.6) is 0 Å². The number of hydrogen-bond acceptors (Lipinski definition) is 5. The van der Waals surface area contributed by atoms with Crippen molar-refractivity contribution in [1.29, 1.82) is 0 Å². The van der Waals surface area contributed by atoms with Crippen LogP contribution in [0.15, 0.2) is 4.99 Å². The van der Waals surface area contributed by atoms with E-state index < -0.39 is 24.1 Å². The number of carbonyl (C=O) groups is 3. The lowest BCUT2D eigenvalue weighted by atomic mass is 10.1. The van der Waals surface area contributed by atoms with Crippen LogP contribution in [-0.4, -0.2) is 53.6 Å². The average molecular weight is 298 g/mol. The summed E-state index contributed by atoms with van der Waals surface area (Å²) in [5, 5.41) is 0. The molecule has 2 amide bonds. The van der Waals surface area contributed by atoms with Gasteiger partial charge in [-0.2, -0.15) is 0 Å². The number of guanidine groups is 1. The molecule has 9 nitrogen and oxygen atoms in total. The molecule has 2 aliphatic rings. The second-order valence-electron chi connectivity index (χ2n) is 5.32. The molecule has 116 valence electrons. The van der Waals surface area contributed by atoms with Crippen LogP contribution in [0.4, 0.5) is 0 Å². The first-order valence-electron chi connectivity index (χ1n) is 6.83. The van der Waals surface area contributed by atoms with Gasteiger partial charge >= 0.3 is 11.9 Å². The first kappa shape index (κ1) is 15.2. The van der Waals surface area contributed by atoms with Crippen LogP contribution in [-0.2, 0) is 19.1 Å². The van der Waals surface area contributed by atoms with E-state index in [0.717, 1.165) is 0 Å². The summed E-state index contributed by atoms with van der Waals surface area (Å²) < 4.78 is 5.01. The van der Waals surface area contributed by atoms with Gasteiger partial charge in [-0.05, 0) is 6.42 Å². The molecule has 0 aliphatic carbocycles. The first-order chi connectivity index (χ1) is 9.87. The number of rotatable bonds is 6. The zero-order valence-electron chi connectivity index (χ0n) is 11.7. The molecule has 2 heterocycles. The molecular formula is C12H20N5O4+. The highest BCUT2D eigenvalue weighted by molar-refractivity contribution is 5.85. The monoisotopic (exact) mass is 298 g/mol. The van der Waals surface area contributed by atoms with Crippen molar-refractivity contribution in [2.45, 2.75) is 38.0 Å². The maximum atomic E-state index is 12.3. The number of ether oxygens (including phenoxy) is 1. The Kier molecular flexibility index (Phi) is 4.12. The van der Waals surface area contributed by atoms with E-state index in [0.29, 0.717) is 25.9 Å². The Balaban J connectivity index is 2.07. The lowest BCUT2D eigenvalue weighted by molar-refractivity contribution is -0.766. The zero-order chi connectivity index (χ0) is 15.6. The molecule has 0 spiro atoms. The van der Waals surface area contributed by atoms with Gasteiger partial charge in [0, 0.05) is 13.0 Å². The van der Waals surface area contributed by atoms with Crippen molar-refractivity contribution < 1.29 is 23.6 Å². The molecule has 2 fully saturated rings. The molecule has 0 aromatic heterocycles. The summed E-state index contributed by atoms with van der Waals surface area (Å²) in [6.45, 7) is 0.672. The fourth-order valence-electron chi connectivity index (χ4n) is 2.83. The van der Waals surface area contributed by atoms with Crippen molar-refractivity contribution in [2.24, 2.45) is 22.2 Å². The van der Waals surface area contributed by atoms with E-state index in [1.54, 1.807) is 0 Å². The summed E-state index contributed by atoms with van der Waals surface area (Å²) in [6.07, 6.45) is 0.431. The predicted molar refractivity (Wildman–Crippen MR) is 72.1 cm³/mol. The van der Waals surface area contributed by atoms with Crippen LogP contribution in [0.1, 0.15) is 25.7 Å². The normalized spacial score (nSPS) is 28.9. The fraction of sp³-hybridized carbons (Fsp3) is 0.667. The Labute approximate surface area is 121 Å². The van der Waals surface area contributed by atoms with Crippen molar-refractivity contribution in [1.82, 2.24) is 0 Å². The molecule has 0 bridgehead atoms. The van der Waals surface area contributed by atoms with Gasteiger partial charge in [0.1, 0.15) is 0 Å². The predicted octanol–water partition coefficient (Wildman–Crippen LogP) is -2.09. The van der Waals surface area contributed by atoms with Gasteiger partial charge in [0.15, 0.2) is 18.5 Å². The van der Waals surface area contributed by atoms with Gasteiger partial charge in [-0.15, -0.1) is 0 Å². The largest absolute Gasteiger partial charge is 0.406 e. The number of quaternary nitrogens is 1. The molecular weight excluding hydrogens is 278 g/mol. The minimum absolute atomic E-state index is 0.0259. The highest BCUT2D eigenvalue weighted by Gasteiger charge is 2.69. The fourth-order valence-corrected chi connectivity index (χ4v) is 2.83. The van der Waals surface area contributed by atoms with Crippen molar-refractivity contribution >= 4 is 23.7 Å². The van der Waals surface area contributed by atoms with E-state index in [2.05, 4.69) is 4.99 Å². The summed E-state index contributed by atoms with van der Waals surface area (Å²) in [5.74, 6) is -1.18. The van der Waals surface area contributed by atoms with E-state index in [-0.39, 0.29) is 29.2 Å². The number of carbonyl (C=O) groups excluding carboxylic acids is 3. The van der Waals surface area contributed by atoms with Gasteiger partial charge in [0.2, 0.25) is 0 Å². The molecule has 3 atom stereocenters.